The first-order valence-electron chi connectivity index (χ1n) is 11.6. The standard InChI is InChI=1S/C29H24N4O2/c1-35-24-11-7-18(8-12-24)22-9-13-25-27(16-22)33-28(32-25)20-2-4-21(5-3-20)29(34)31-23-10-6-19-14-15-30-26(19)17-23/h2,4,6-17,30H,3,5H2,1H3,(H,31,34)(H,32,33). The second-order valence-corrected chi connectivity index (χ2v) is 8.66. The van der Waals surface area contributed by atoms with Gasteiger partial charge in [-0.2, -0.15) is 0 Å². The molecular formula is C29H24N4O2. The third kappa shape index (κ3) is 4.10. The van der Waals surface area contributed by atoms with Crippen LogP contribution < -0.4 is 10.1 Å². The van der Waals surface area contributed by atoms with Gasteiger partial charge in [-0.1, -0.05) is 36.4 Å². The Morgan fingerprint density at radius 3 is 2.57 bits per heavy atom. The molecule has 0 radical (unpaired) electrons. The second kappa shape index (κ2) is 8.65. The Morgan fingerprint density at radius 1 is 0.914 bits per heavy atom. The summed E-state index contributed by atoms with van der Waals surface area (Å²) in [6.45, 7) is 0. The minimum atomic E-state index is -0.0695. The van der Waals surface area contributed by atoms with Crippen molar-refractivity contribution in [1.29, 1.82) is 0 Å². The molecular weight excluding hydrogens is 436 g/mol. The Bertz CT molecular complexity index is 1620. The summed E-state index contributed by atoms with van der Waals surface area (Å²) in [6.07, 6.45) is 7.20. The van der Waals surface area contributed by atoms with Crippen molar-refractivity contribution in [3.63, 3.8) is 0 Å². The van der Waals surface area contributed by atoms with Crippen LogP contribution in [-0.2, 0) is 4.79 Å². The molecule has 6 rings (SSSR count). The summed E-state index contributed by atoms with van der Waals surface area (Å²) in [4.78, 5) is 24.2. The largest absolute Gasteiger partial charge is 0.497 e. The van der Waals surface area contributed by atoms with E-state index in [1.165, 1.54) is 0 Å². The molecule has 6 nitrogen and oxygen atoms in total. The Balaban J connectivity index is 1.20. The SMILES string of the molecule is COc1ccc(-c2ccc3nc(C4=CC=C(C(=O)Nc5ccc6cc[nH]c6c5)CC4)[nH]c3c2)cc1. The van der Waals surface area contributed by atoms with Crippen molar-refractivity contribution in [3.05, 3.63) is 96.5 Å². The summed E-state index contributed by atoms with van der Waals surface area (Å²) in [5.74, 6) is 1.62. The summed E-state index contributed by atoms with van der Waals surface area (Å²) < 4.78 is 5.26. The van der Waals surface area contributed by atoms with Crippen LogP contribution in [0.25, 0.3) is 38.6 Å². The predicted octanol–water partition coefficient (Wildman–Crippen LogP) is 6.46. The van der Waals surface area contributed by atoms with Crippen LogP contribution in [0.15, 0.2) is 90.7 Å². The number of H-pyrrole nitrogens is 2. The first-order valence-corrected chi connectivity index (χ1v) is 11.6. The minimum absolute atomic E-state index is 0.0695. The molecule has 2 aromatic heterocycles. The van der Waals surface area contributed by atoms with Gasteiger partial charge in [0.25, 0.3) is 5.91 Å². The van der Waals surface area contributed by atoms with Crippen molar-refractivity contribution in [1.82, 2.24) is 15.0 Å². The van der Waals surface area contributed by atoms with Crippen LogP contribution in [0.3, 0.4) is 0 Å². The number of fused-ring (bicyclic) bond motifs is 2. The van der Waals surface area contributed by atoms with Gasteiger partial charge >= 0.3 is 0 Å². The fourth-order valence-corrected chi connectivity index (χ4v) is 4.49. The normalized spacial score (nSPS) is 13.5. The lowest BCUT2D eigenvalue weighted by molar-refractivity contribution is -0.113. The minimum Gasteiger partial charge on any atom is -0.497 e. The van der Waals surface area contributed by atoms with E-state index in [1.54, 1.807) is 7.11 Å². The molecule has 35 heavy (non-hydrogen) atoms. The number of rotatable bonds is 5. The molecule has 1 aliphatic carbocycles. The molecule has 0 saturated carbocycles. The van der Waals surface area contributed by atoms with Gasteiger partial charge in [0.1, 0.15) is 11.6 Å². The van der Waals surface area contributed by atoms with E-state index in [1.807, 2.05) is 60.8 Å². The predicted molar refractivity (Wildman–Crippen MR) is 140 cm³/mol. The highest BCUT2D eigenvalue weighted by atomic mass is 16.5. The molecule has 5 aromatic rings. The smallest absolute Gasteiger partial charge is 0.251 e. The van der Waals surface area contributed by atoms with E-state index in [0.717, 1.165) is 67.9 Å². The van der Waals surface area contributed by atoms with E-state index in [-0.39, 0.29) is 5.91 Å². The molecule has 0 bridgehead atoms. The zero-order chi connectivity index (χ0) is 23.8. The summed E-state index contributed by atoms with van der Waals surface area (Å²) in [5.41, 5.74) is 7.79. The van der Waals surface area contributed by atoms with Crippen LogP contribution in [0.2, 0.25) is 0 Å². The van der Waals surface area contributed by atoms with Crippen molar-refractivity contribution in [2.75, 3.05) is 12.4 Å². The number of anilines is 1. The van der Waals surface area contributed by atoms with Crippen molar-refractivity contribution in [3.8, 4) is 16.9 Å². The Labute approximate surface area is 202 Å². The summed E-state index contributed by atoms with van der Waals surface area (Å²) in [5, 5.41) is 4.13. The number of aromatic nitrogens is 3. The summed E-state index contributed by atoms with van der Waals surface area (Å²) in [6, 6.07) is 22.1. The van der Waals surface area contributed by atoms with Gasteiger partial charge in [-0.15, -0.1) is 0 Å². The maximum absolute atomic E-state index is 12.8. The number of carbonyl (C=O) groups excluding carboxylic acids is 1. The monoisotopic (exact) mass is 460 g/mol. The third-order valence-corrected chi connectivity index (χ3v) is 6.46. The molecule has 0 aliphatic heterocycles. The van der Waals surface area contributed by atoms with E-state index < -0.39 is 0 Å². The molecule has 6 heteroatoms. The number of hydrogen-bond acceptors (Lipinski definition) is 3. The van der Waals surface area contributed by atoms with Crippen LogP contribution in [0.1, 0.15) is 18.7 Å². The van der Waals surface area contributed by atoms with Crippen LogP contribution >= 0.6 is 0 Å². The molecule has 1 amide bonds. The highest BCUT2D eigenvalue weighted by molar-refractivity contribution is 6.05. The molecule has 3 N–H and O–H groups in total. The highest BCUT2D eigenvalue weighted by Crippen LogP contribution is 2.30. The van der Waals surface area contributed by atoms with Gasteiger partial charge < -0.3 is 20.0 Å². The van der Waals surface area contributed by atoms with Gasteiger partial charge in [-0.3, -0.25) is 4.79 Å². The third-order valence-electron chi connectivity index (χ3n) is 6.46. The van der Waals surface area contributed by atoms with Gasteiger partial charge in [0.15, 0.2) is 0 Å². The lowest BCUT2D eigenvalue weighted by Gasteiger charge is -2.13. The van der Waals surface area contributed by atoms with Crippen LogP contribution in [0.5, 0.6) is 5.75 Å². The summed E-state index contributed by atoms with van der Waals surface area (Å²) >= 11 is 0. The van der Waals surface area contributed by atoms with E-state index in [0.29, 0.717) is 6.42 Å². The van der Waals surface area contributed by atoms with Gasteiger partial charge in [-0.25, -0.2) is 4.98 Å². The van der Waals surface area contributed by atoms with Gasteiger partial charge in [-0.05, 0) is 77.4 Å². The molecule has 0 unspecified atom stereocenters. The lowest BCUT2D eigenvalue weighted by Crippen LogP contribution is -2.15. The quantitative estimate of drug-likeness (QED) is 0.281. The summed E-state index contributed by atoms with van der Waals surface area (Å²) in [7, 11) is 1.67. The Kier molecular flexibility index (Phi) is 5.19. The number of nitrogens with one attached hydrogen (secondary N) is 3. The van der Waals surface area contributed by atoms with Gasteiger partial charge in [0.05, 0.1) is 18.1 Å². The first kappa shape index (κ1) is 21.0. The van der Waals surface area contributed by atoms with E-state index in [2.05, 4.69) is 39.6 Å². The molecule has 0 saturated heterocycles. The maximum Gasteiger partial charge on any atom is 0.251 e. The molecule has 1 aliphatic rings. The molecule has 3 aromatic carbocycles. The topological polar surface area (TPSA) is 82.8 Å². The van der Waals surface area contributed by atoms with Crippen LogP contribution in [0.4, 0.5) is 5.69 Å². The van der Waals surface area contributed by atoms with Crippen molar-refractivity contribution < 1.29 is 9.53 Å². The van der Waals surface area contributed by atoms with E-state index >= 15 is 0 Å². The number of carbonyl (C=O) groups is 1. The van der Waals surface area contributed by atoms with Gasteiger partial charge in [0.2, 0.25) is 0 Å². The molecule has 0 fully saturated rings. The number of ether oxygens (including phenoxy) is 1. The number of hydrogen-bond donors (Lipinski definition) is 3. The zero-order valence-corrected chi connectivity index (χ0v) is 19.3. The fourth-order valence-electron chi connectivity index (χ4n) is 4.49. The van der Waals surface area contributed by atoms with Crippen molar-refractivity contribution in [2.24, 2.45) is 0 Å². The second-order valence-electron chi connectivity index (χ2n) is 8.66. The number of nitrogens with zero attached hydrogens (tertiary/aromatic N) is 1. The highest BCUT2D eigenvalue weighted by Gasteiger charge is 2.17. The average Bonchev–Trinajstić information content (AvgIpc) is 3.55. The Morgan fingerprint density at radius 2 is 1.77 bits per heavy atom. The van der Waals surface area contributed by atoms with Crippen LogP contribution in [-0.4, -0.2) is 28.0 Å². The number of aromatic amines is 2. The number of imidazole rings is 1. The zero-order valence-electron chi connectivity index (χ0n) is 19.3. The number of methoxy groups -OCH3 is 1. The first-order chi connectivity index (χ1) is 17.2. The number of allylic oxidation sites excluding steroid dienone is 3. The van der Waals surface area contributed by atoms with Crippen molar-refractivity contribution in [2.45, 2.75) is 12.8 Å². The Hall–Kier alpha value is -4.58. The van der Waals surface area contributed by atoms with Gasteiger partial charge in [0, 0.05) is 23.0 Å². The number of benzene rings is 3. The number of amides is 1. The molecule has 172 valence electrons. The van der Waals surface area contributed by atoms with E-state index in [9.17, 15) is 4.79 Å². The molecule has 0 atom stereocenters. The molecule has 2 heterocycles. The average molecular weight is 461 g/mol. The maximum atomic E-state index is 12.8. The molecule has 0 spiro atoms. The van der Waals surface area contributed by atoms with Crippen molar-refractivity contribution >= 4 is 39.1 Å². The lowest BCUT2D eigenvalue weighted by atomic mass is 9.97. The van der Waals surface area contributed by atoms with E-state index in [4.69, 9.17) is 9.72 Å². The van der Waals surface area contributed by atoms with Crippen LogP contribution in [0, 0.1) is 0 Å². The fraction of sp³-hybridized carbons (Fsp3) is 0.103.